The van der Waals surface area contributed by atoms with Gasteiger partial charge in [-0.25, -0.2) is 0 Å². The number of hydrogen-bond donors (Lipinski definition) is 3. The van der Waals surface area contributed by atoms with Gasteiger partial charge in [0.25, 0.3) is 0 Å². The first kappa shape index (κ1) is 13.2. The lowest BCUT2D eigenvalue weighted by molar-refractivity contribution is -0.131. The van der Waals surface area contributed by atoms with Crippen molar-refractivity contribution in [2.75, 3.05) is 0 Å². The van der Waals surface area contributed by atoms with Crippen molar-refractivity contribution in [1.29, 1.82) is 0 Å². The second-order valence-electron chi connectivity index (χ2n) is 4.31. The van der Waals surface area contributed by atoms with Gasteiger partial charge in [0.1, 0.15) is 5.41 Å². The van der Waals surface area contributed by atoms with Gasteiger partial charge >= 0.3 is 0 Å². The first-order valence-electron chi connectivity index (χ1n) is 5.59. The number of amidine groups is 1. The van der Waals surface area contributed by atoms with Crippen LogP contribution in [-0.4, -0.2) is 17.0 Å². The normalized spacial score (nSPS) is 18.2. The molecule has 4 N–H and O–H groups in total. The first-order valence-corrected chi connectivity index (χ1v) is 6.78. The van der Waals surface area contributed by atoms with Gasteiger partial charge in [0, 0.05) is 4.88 Å². The molecule has 5 nitrogen and oxygen atoms in total. The SMILES string of the molecule is N/C(=N/O)C1(C(=O)NCc2ccc(Cl)s2)CCC1. The van der Waals surface area contributed by atoms with Gasteiger partial charge in [0.15, 0.2) is 5.84 Å². The lowest BCUT2D eigenvalue weighted by Gasteiger charge is -2.38. The molecule has 18 heavy (non-hydrogen) atoms. The van der Waals surface area contributed by atoms with E-state index in [1.807, 2.05) is 6.07 Å². The molecule has 0 spiro atoms. The molecule has 98 valence electrons. The molecule has 2 rings (SSSR count). The molecule has 0 bridgehead atoms. The zero-order valence-electron chi connectivity index (χ0n) is 9.65. The number of nitrogens with zero attached hydrogens (tertiary/aromatic N) is 1. The molecule has 0 aliphatic heterocycles. The van der Waals surface area contributed by atoms with Gasteiger partial charge in [-0.3, -0.25) is 4.79 Å². The maximum atomic E-state index is 12.1. The van der Waals surface area contributed by atoms with Crippen LogP contribution >= 0.6 is 22.9 Å². The van der Waals surface area contributed by atoms with Gasteiger partial charge in [-0.15, -0.1) is 11.3 Å². The van der Waals surface area contributed by atoms with Crippen LogP contribution < -0.4 is 11.1 Å². The van der Waals surface area contributed by atoms with E-state index in [0.29, 0.717) is 23.7 Å². The van der Waals surface area contributed by atoms with Crippen LogP contribution in [0, 0.1) is 5.41 Å². The van der Waals surface area contributed by atoms with Crippen molar-refractivity contribution in [3.8, 4) is 0 Å². The third-order valence-electron chi connectivity index (χ3n) is 3.29. The van der Waals surface area contributed by atoms with E-state index in [2.05, 4.69) is 10.5 Å². The molecule has 7 heteroatoms. The number of oxime groups is 1. The number of nitrogens with two attached hydrogens (primary N) is 1. The van der Waals surface area contributed by atoms with E-state index < -0.39 is 5.41 Å². The smallest absolute Gasteiger partial charge is 0.234 e. The Kier molecular flexibility index (Phi) is 3.77. The number of amides is 1. The average Bonchev–Trinajstić information content (AvgIpc) is 2.70. The monoisotopic (exact) mass is 287 g/mol. The lowest BCUT2D eigenvalue weighted by Crippen LogP contribution is -2.53. The summed E-state index contributed by atoms with van der Waals surface area (Å²) in [5.41, 5.74) is 4.78. The zero-order valence-corrected chi connectivity index (χ0v) is 11.2. The molecule has 1 aliphatic carbocycles. The second-order valence-corrected chi connectivity index (χ2v) is 6.11. The van der Waals surface area contributed by atoms with E-state index in [-0.39, 0.29) is 11.7 Å². The summed E-state index contributed by atoms with van der Waals surface area (Å²) < 4.78 is 0.689. The van der Waals surface area contributed by atoms with E-state index in [9.17, 15) is 4.79 Å². The van der Waals surface area contributed by atoms with Gasteiger partial charge in [-0.2, -0.15) is 0 Å². The molecule has 1 saturated carbocycles. The maximum absolute atomic E-state index is 12.1. The number of nitrogens with one attached hydrogen (secondary N) is 1. The molecular formula is C11H14ClN3O2S. The highest BCUT2D eigenvalue weighted by molar-refractivity contribution is 7.16. The minimum Gasteiger partial charge on any atom is -0.409 e. The predicted octanol–water partition coefficient (Wildman–Crippen LogP) is 1.93. The van der Waals surface area contributed by atoms with Crippen LogP contribution in [0.3, 0.4) is 0 Å². The van der Waals surface area contributed by atoms with E-state index in [1.54, 1.807) is 6.07 Å². The van der Waals surface area contributed by atoms with Gasteiger partial charge in [0.2, 0.25) is 5.91 Å². The summed E-state index contributed by atoms with van der Waals surface area (Å²) in [5, 5.41) is 14.5. The topological polar surface area (TPSA) is 87.7 Å². The number of carbonyl (C=O) groups is 1. The standard InChI is InChI=1S/C11H14ClN3O2S/c12-8-3-2-7(18-8)6-14-10(16)11(4-1-5-11)9(13)15-17/h2-3,17H,1,4-6H2,(H2,13,15)(H,14,16). The summed E-state index contributed by atoms with van der Waals surface area (Å²) in [6, 6.07) is 3.65. The average molecular weight is 288 g/mol. The molecule has 0 saturated heterocycles. The summed E-state index contributed by atoms with van der Waals surface area (Å²) in [7, 11) is 0. The van der Waals surface area contributed by atoms with Crippen molar-refractivity contribution in [3.05, 3.63) is 21.3 Å². The number of halogens is 1. The van der Waals surface area contributed by atoms with Crippen molar-refractivity contribution < 1.29 is 10.0 Å². The van der Waals surface area contributed by atoms with Gasteiger partial charge < -0.3 is 16.3 Å². The molecule has 1 aromatic heterocycles. The Bertz CT molecular complexity index is 482. The molecule has 1 heterocycles. The van der Waals surface area contributed by atoms with Crippen LogP contribution in [0.1, 0.15) is 24.1 Å². The quantitative estimate of drug-likeness (QED) is 0.342. The summed E-state index contributed by atoms with van der Waals surface area (Å²) >= 11 is 7.23. The largest absolute Gasteiger partial charge is 0.409 e. The number of hydrogen-bond acceptors (Lipinski definition) is 4. The fourth-order valence-corrected chi connectivity index (χ4v) is 3.04. The van der Waals surface area contributed by atoms with Gasteiger partial charge in [-0.1, -0.05) is 23.2 Å². The van der Waals surface area contributed by atoms with Crippen LogP contribution in [0.25, 0.3) is 0 Å². The minimum absolute atomic E-state index is 0.00420. The maximum Gasteiger partial charge on any atom is 0.234 e. The molecule has 1 aromatic rings. The van der Waals surface area contributed by atoms with Crippen LogP contribution in [0.2, 0.25) is 4.34 Å². The fraction of sp³-hybridized carbons (Fsp3) is 0.455. The van der Waals surface area contributed by atoms with Crippen LogP contribution in [-0.2, 0) is 11.3 Å². The van der Waals surface area contributed by atoms with E-state index in [4.69, 9.17) is 22.5 Å². The first-order chi connectivity index (χ1) is 8.58. The Morgan fingerprint density at radius 2 is 2.33 bits per heavy atom. The minimum atomic E-state index is -0.824. The van der Waals surface area contributed by atoms with Crippen LogP contribution in [0.4, 0.5) is 0 Å². The third-order valence-corrected chi connectivity index (χ3v) is 4.52. The van der Waals surface area contributed by atoms with Crippen molar-refractivity contribution in [2.45, 2.75) is 25.8 Å². The van der Waals surface area contributed by atoms with Crippen molar-refractivity contribution in [1.82, 2.24) is 5.32 Å². The summed E-state index contributed by atoms with van der Waals surface area (Å²) in [5.74, 6) is -0.191. The number of rotatable bonds is 4. The summed E-state index contributed by atoms with van der Waals surface area (Å²) in [4.78, 5) is 13.1. The van der Waals surface area contributed by atoms with E-state index in [1.165, 1.54) is 11.3 Å². The molecule has 1 fully saturated rings. The summed E-state index contributed by atoms with van der Waals surface area (Å²) in [6.45, 7) is 0.413. The Morgan fingerprint density at radius 3 is 2.78 bits per heavy atom. The van der Waals surface area contributed by atoms with Crippen molar-refractivity contribution >= 4 is 34.7 Å². The Morgan fingerprint density at radius 1 is 1.61 bits per heavy atom. The Labute approximate surface area is 114 Å². The molecule has 1 amide bonds. The van der Waals surface area contributed by atoms with E-state index in [0.717, 1.165) is 11.3 Å². The molecule has 0 atom stereocenters. The van der Waals surface area contributed by atoms with Crippen molar-refractivity contribution in [2.24, 2.45) is 16.3 Å². The van der Waals surface area contributed by atoms with Crippen LogP contribution in [0.5, 0.6) is 0 Å². The molecule has 1 aliphatic rings. The fourth-order valence-electron chi connectivity index (χ4n) is 2.01. The van der Waals surface area contributed by atoms with E-state index >= 15 is 0 Å². The third kappa shape index (κ3) is 2.30. The number of thiophene rings is 1. The van der Waals surface area contributed by atoms with Crippen molar-refractivity contribution in [3.63, 3.8) is 0 Å². The highest BCUT2D eigenvalue weighted by atomic mass is 35.5. The molecule has 0 radical (unpaired) electrons. The highest BCUT2D eigenvalue weighted by Crippen LogP contribution is 2.41. The molecular weight excluding hydrogens is 274 g/mol. The predicted molar refractivity (Wildman–Crippen MR) is 70.9 cm³/mol. The number of carbonyl (C=O) groups excluding carboxylic acids is 1. The highest BCUT2D eigenvalue weighted by Gasteiger charge is 2.48. The van der Waals surface area contributed by atoms with Gasteiger partial charge in [-0.05, 0) is 25.0 Å². The molecule has 0 aromatic carbocycles. The Balaban J connectivity index is 1.99. The van der Waals surface area contributed by atoms with Gasteiger partial charge in [0.05, 0.1) is 10.9 Å². The second kappa shape index (κ2) is 5.16. The van der Waals surface area contributed by atoms with Crippen LogP contribution in [0.15, 0.2) is 17.3 Å². The lowest BCUT2D eigenvalue weighted by atomic mass is 9.67. The molecule has 0 unspecified atom stereocenters. The summed E-state index contributed by atoms with van der Waals surface area (Å²) in [6.07, 6.45) is 2.16. The Hall–Kier alpha value is -1.27. The zero-order chi connectivity index (χ0) is 13.2.